The van der Waals surface area contributed by atoms with E-state index in [-0.39, 0.29) is 0 Å². The van der Waals surface area contributed by atoms with E-state index >= 15 is 0 Å². The van der Waals surface area contributed by atoms with Crippen molar-refractivity contribution in [2.24, 2.45) is 5.73 Å². The Morgan fingerprint density at radius 3 is 2.60 bits per heavy atom. The van der Waals surface area contributed by atoms with E-state index in [1.165, 1.54) is 11.8 Å². The second kappa shape index (κ2) is 6.68. The van der Waals surface area contributed by atoms with Crippen LogP contribution in [0.1, 0.15) is 5.56 Å². The molecule has 15 heavy (non-hydrogen) atoms. The van der Waals surface area contributed by atoms with Gasteiger partial charge in [-0.1, -0.05) is 24.3 Å². The zero-order valence-corrected chi connectivity index (χ0v) is 8.81. The summed E-state index contributed by atoms with van der Waals surface area (Å²) in [6.07, 6.45) is 8.19. The Balaban J connectivity index is 2.49. The molecule has 0 saturated carbocycles. The topological polar surface area (TPSA) is 47.3 Å². The molecular formula is C12H16N2O. The lowest BCUT2D eigenvalue weighted by molar-refractivity contribution is 0.224. The minimum Gasteiger partial charge on any atom is -0.409 e. The van der Waals surface area contributed by atoms with Gasteiger partial charge in [0.1, 0.15) is 5.75 Å². The van der Waals surface area contributed by atoms with E-state index in [0.717, 1.165) is 12.2 Å². The van der Waals surface area contributed by atoms with E-state index in [2.05, 4.69) is 11.6 Å². The summed E-state index contributed by atoms with van der Waals surface area (Å²) in [6.45, 7) is 0. The average Bonchev–Trinajstić information content (AvgIpc) is 2.27. The fraction of sp³-hybridized carbons (Fsp3) is 0.167. The van der Waals surface area contributed by atoms with Gasteiger partial charge in [-0.05, 0) is 36.4 Å². The Morgan fingerprint density at radius 2 is 2.00 bits per heavy atom. The second-order valence-electron chi connectivity index (χ2n) is 2.97. The zero-order chi connectivity index (χ0) is 10.9. The second-order valence-corrected chi connectivity index (χ2v) is 2.97. The fourth-order valence-electron chi connectivity index (χ4n) is 1.16. The van der Waals surface area contributed by atoms with Crippen LogP contribution in [0.3, 0.4) is 0 Å². The lowest BCUT2D eigenvalue weighted by Crippen LogP contribution is -2.10. The van der Waals surface area contributed by atoms with Crippen molar-refractivity contribution < 1.29 is 4.84 Å². The van der Waals surface area contributed by atoms with Crippen molar-refractivity contribution in [2.45, 2.75) is 6.42 Å². The maximum absolute atomic E-state index is 5.21. The molecule has 0 aliphatic heterocycles. The molecule has 3 heteroatoms. The molecule has 0 aliphatic rings. The summed E-state index contributed by atoms with van der Waals surface area (Å²) in [4.78, 5) is 5.11. The number of benzene rings is 1. The van der Waals surface area contributed by atoms with Crippen LogP contribution >= 0.6 is 0 Å². The highest BCUT2D eigenvalue weighted by Gasteiger charge is 1.92. The van der Waals surface area contributed by atoms with Gasteiger partial charge in [0.2, 0.25) is 0 Å². The fourth-order valence-corrected chi connectivity index (χ4v) is 1.16. The van der Waals surface area contributed by atoms with Gasteiger partial charge in [-0.2, -0.15) is 5.48 Å². The Hall–Kier alpha value is -1.74. The largest absolute Gasteiger partial charge is 0.409 e. The quantitative estimate of drug-likeness (QED) is 0.567. The van der Waals surface area contributed by atoms with Crippen LogP contribution in [-0.4, -0.2) is 7.05 Å². The maximum atomic E-state index is 5.21. The average molecular weight is 204 g/mol. The highest BCUT2D eigenvalue weighted by molar-refractivity contribution is 5.28. The van der Waals surface area contributed by atoms with E-state index in [1.807, 2.05) is 30.3 Å². The number of hydrogen-bond acceptors (Lipinski definition) is 3. The van der Waals surface area contributed by atoms with E-state index in [1.54, 1.807) is 13.1 Å². The third-order valence-electron chi connectivity index (χ3n) is 1.86. The molecule has 0 fully saturated rings. The van der Waals surface area contributed by atoms with Crippen LogP contribution in [0, 0.1) is 0 Å². The summed E-state index contributed by atoms with van der Waals surface area (Å²) in [7, 11) is 1.73. The van der Waals surface area contributed by atoms with Crippen LogP contribution < -0.4 is 16.1 Å². The lowest BCUT2D eigenvalue weighted by atomic mass is 10.1. The van der Waals surface area contributed by atoms with Gasteiger partial charge < -0.3 is 10.6 Å². The molecule has 0 aromatic heterocycles. The van der Waals surface area contributed by atoms with Gasteiger partial charge in [-0.15, -0.1) is 0 Å². The monoisotopic (exact) mass is 204 g/mol. The molecule has 0 bridgehead atoms. The minimum absolute atomic E-state index is 0.812. The third-order valence-corrected chi connectivity index (χ3v) is 1.86. The predicted molar refractivity (Wildman–Crippen MR) is 62.3 cm³/mol. The molecule has 1 aromatic rings. The number of rotatable bonds is 5. The van der Waals surface area contributed by atoms with Crippen LogP contribution in [0.15, 0.2) is 48.7 Å². The first-order chi connectivity index (χ1) is 7.36. The number of hydrogen-bond donors (Lipinski definition) is 2. The van der Waals surface area contributed by atoms with Gasteiger partial charge in [-0.3, -0.25) is 0 Å². The highest BCUT2D eigenvalue weighted by Crippen LogP contribution is 2.11. The molecule has 80 valence electrons. The third kappa shape index (κ3) is 4.33. The van der Waals surface area contributed by atoms with E-state index in [4.69, 9.17) is 10.6 Å². The Bertz CT molecular complexity index is 328. The minimum atomic E-state index is 0.812. The summed E-state index contributed by atoms with van der Waals surface area (Å²) in [6, 6.07) is 7.92. The van der Waals surface area contributed by atoms with Crippen molar-refractivity contribution in [1.82, 2.24) is 5.48 Å². The van der Waals surface area contributed by atoms with E-state index in [9.17, 15) is 0 Å². The Labute approximate surface area is 90.2 Å². The first-order valence-corrected chi connectivity index (χ1v) is 4.82. The van der Waals surface area contributed by atoms with Crippen molar-refractivity contribution in [1.29, 1.82) is 0 Å². The summed E-state index contributed by atoms with van der Waals surface area (Å²) >= 11 is 0. The van der Waals surface area contributed by atoms with Crippen molar-refractivity contribution in [3.8, 4) is 5.75 Å². The molecule has 0 amide bonds. The molecule has 0 atom stereocenters. The number of hydroxylamine groups is 1. The van der Waals surface area contributed by atoms with Crippen molar-refractivity contribution in [3.05, 3.63) is 54.3 Å². The molecule has 3 N–H and O–H groups in total. The number of nitrogens with one attached hydrogen (secondary N) is 1. The summed E-state index contributed by atoms with van der Waals surface area (Å²) < 4.78 is 0. The molecule has 1 aromatic carbocycles. The van der Waals surface area contributed by atoms with Gasteiger partial charge in [0, 0.05) is 7.05 Å². The van der Waals surface area contributed by atoms with E-state index < -0.39 is 0 Å². The van der Waals surface area contributed by atoms with Crippen molar-refractivity contribution in [2.75, 3.05) is 7.05 Å². The molecule has 0 saturated heterocycles. The van der Waals surface area contributed by atoms with Crippen molar-refractivity contribution in [3.63, 3.8) is 0 Å². The van der Waals surface area contributed by atoms with Gasteiger partial charge in [0.15, 0.2) is 0 Å². The van der Waals surface area contributed by atoms with Crippen LogP contribution in [0.5, 0.6) is 5.75 Å². The summed E-state index contributed by atoms with van der Waals surface area (Å²) in [5.41, 5.74) is 9.07. The smallest absolute Gasteiger partial charge is 0.147 e. The molecule has 0 spiro atoms. The SMILES string of the molecule is CNOc1ccc(C/C=C\C=C/N)cc1. The molecule has 1 rings (SSSR count). The van der Waals surface area contributed by atoms with Gasteiger partial charge in [-0.25, -0.2) is 0 Å². The molecule has 0 aliphatic carbocycles. The highest BCUT2D eigenvalue weighted by atomic mass is 16.6. The van der Waals surface area contributed by atoms with Crippen molar-refractivity contribution >= 4 is 0 Å². The van der Waals surface area contributed by atoms with E-state index in [0.29, 0.717) is 0 Å². The van der Waals surface area contributed by atoms with Gasteiger partial charge >= 0.3 is 0 Å². The molecule has 0 heterocycles. The molecule has 3 nitrogen and oxygen atoms in total. The van der Waals surface area contributed by atoms with Gasteiger partial charge in [0.05, 0.1) is 0 Å². The Morgan fingerprint density at radius 1 is 1.27 bits per heavy atom. The summed E-state index contributed by atoms with van der Waals surface area (Å²) in [5, 5.41) is 0. The Kier molecular flexibility index (Phi) is 5.04. The van der Waals surface area contributed by atoms with Crippen LogP contribution in [-0.2, 0) is 6.42 Å². The molecule has 0 unspecified atom stereocenters. The normalized spacial score (nSPS) is 11.3. The first-order valence-electron chi connectivity index (χ1n) is 4.82. The summed E-state index contributed by atoms with van der Waals surface area (Å²) in [5.74, 6) is 0.812. The van der Waals surface area contributed by atoms with Crippen LogP contribution in [0.25, 0.3) is 0 Å². The number of nitrogens with two attached hydrogens (primary N) is 1. The first kappa shape index (κ1) is 11.3. The molecular weight excluding hydrogens is 188 g/mol. The zero-order valence-electron chi connectivity index (χ0n) is 8.81. The van der Waals surface area contributed by atoms with Gasteiger partial charge in [0.25, 0.3) is 0 Å². The lowest BCUT2D eigenvalue weighted by Gasteiger charge is -2.02. The van der Waals surface area contributed by atoms with Crippen LogP contribution in [0.4, 0.5) is 0 Å². The molecule has 0 radical (unpaired) electrons. The van der Waals surface area contributed by atoms with Crippen LogP contribution in [0.2, 0.25) is 0 Å². The standard InChI is InChI=1S/C12H16N2O/c1-14-15-12-8-6-11(7-9-12)5-3-2-4-10-13/h2-4,6-10,14H,5,13H2,1H3/b3-2-,10-4-. The predicted octanol–water partition coefficient (Wildman–Crippen LogP) is 1.77. The maximum Gasteiger partial charge on any atom is 0.147 e. The number of allylic oxidation sites excluding steroid dienone is 3.